The highest BCUT2D eigenvalue weighted by atomic mass is 16.5. The summed E-state index contributed by atoms with van der Waals surface area (Å²) in [6.45, 7) is 0.247. The Morgan fingerprint density at radius 1 is 1.00 bits per heavy atom. The molecule has 112 valence electrons. The third kappa shape index (κ3) is 3.25. The van der Waals surface area contributed by atoms with Gasteiger partial charge in [0, 0.05) is 31.4 Å². The summed E-state index contributed by atoms with van der Waals surface area (Å²) in [6.07, 6.45) is 0. The molecule has 5 nitrogen and oxygen atoms in total. The quantitative estimate of drug-likeness (QED) is 0.722. The van der Waals surface area contributed by atoms with Crippen molar-refractivity contribution in [3.8, 4) is 17.2 Å². The van der Waals surface area contributed by atoms with Crippen molar-refractivity contribution in [2.45, 2.75) is 6.61 Å². The highest BCUT2D eigenvalue weighted by Gasteiger charge is 2.09. The van der Waals surface area contributed by atoms with E-state index in [4.69, 9.17) is 9.15 Å². The minimum absolute atomic E-state index is 0.247. The van der Waals surface area contributed by atoms with E-state index in [1.807, 2.05) is 73.6 Å². The van der Waals surface area contributed by atoms with E-state index >= 15 is 0 Å². The van der Waals surface area contributed by atoms with Gasteiger partial charge in [0.25, 0.3) is 5.89 Å². The average Bonchev–Trinajstić information content (AvgIpc) is 3.03. The Morgan fingerprint density at radius 2 is 1.82 bits per heavy atom. The molecule has 0 saturated heterocycles. The van der Waals surface area contributed by atoms with Crippen molar-refractivity contribution in [2.24, 2.45) is 0 Å². The van der Waals surface area contributed by atoms with E-state index in [2.05, 4.69) is 10.2 Å². The molecule has 1 aromatic heterocycles. The number of aromatic nitrogens is 2. The maximum absolute atomic E-state index is 5.71. The molecule has 0 saturated carbocycles. The molecule has 0 spiro atoms. The van der Waals surface area contributed by atoms with Crippen molar-refractivity contribution in [1.29, 1.82) is 0 Å². The van der Waals surface area contributed by atoms with Gasteiger partial charge in [-0.05, 0) is 24.3 Å². The predicted octanol–water partition coefficient (Wildman–Crippen LogP) is 3.38. The van der Waals surface area contributed by atoms with Crippen LogP contribution >= 0.6 is 0 Å². The number of hydrogen-bond acceptors (Lipinski definition) is 5. The van der Waals surface area contributed by atoms with E-state index in [1.54, 1.807) is 0 Å². The Morgan fingerprint density at radius 3 is 2.59 bits per heavy atom. The van der Waals surface area contributed by atoms with Crippen molar-refractivity contribution in [3.05, 3.63) is 60.5 Å². The molecule has 0 unspecified atom stereocenters. The van der Waals surface area contributed by atoms with E-state index in [-0.39, 0.29) is 6.61 Å². The molecule has 0 bridgehead atoms. The Balaban J connectivity index is 1.67. The van der Waals surface area contributed by atoms with E-state index in [0.717, 1.165) is 17.0 Å². The molecule has 0 radical (unpaired) electrons. The van der Waals surface area contributed by atoms with Crippen LogP contribution in [0.2, 0.25) is 0 Å². The maximum Gasteiger partial charge on any atom is 0.254 e. The van der Waals surface area contributed by atoms with E-state index in [9.17, 15) is 0 Å². The maximum atomic E-state index is 5.71. The van der Waals surface area contributed by atoms with Gasteiger partial charge in [-0.2, -0.15) is 0 Å². The second-order valence-corrected chi connectivity index (χ2v) is 5.05. The van der Waals surface area contributed by atoms with Crippen LogP contribution in [0.5, 0.6) is 5.75 Å². The smallest absolute Gasteiger partial charge is 0.254 e. The van der Waals surface area contributed by atoms with Crippen molar-refractivity contribution in [1.82, 2.24) is 10.2 Å². The Hall–Kier alpha value is -2.82. The first-order valence-corrected chi connectivity index (χ1v) is 7.00. The second-order valence-electron chi connectivity index (χ2n) is 5.05. The monoisotopic (exact) mass is 295 g/mol. The number of nitrogens with zero attached hydrogens (tertiary/aromatic N) is 3. The number of benzene rings is 2. The lowest BCUT2D eigenvalue weighted by molar-refractivity contribution is 0.264. The van der Waals surface area contributed by atoms with Crippen LogP contribution in [0.4, 0.5) is 5.69 Å². The third-order valence-corrected chi connectivity index (χ3v) is 3.18. The van der Waals surface area contributed by atoms with Crippen LogP contribution in [0.1, 0.15) is 5.89 Å². The summed E-state index contributed by atoms with van der Waals surface area (Å²) in [6, 6.07) is 17.5. The topological polar surface area (TPSA) is 51.4 Å². The van der Waals surface area contributed by atoms with Gasteiger partial charge >= 0.3 is 0 Å². The second kappa shape index (κ2) is 6.30. The van der Waals surface area contributed by atoms with Crippen molar-refractivity contribution < 1.29 is 9.15 Å². The van der Waals surface area contributed by atoms with Crippen LogP contribution in [-0.4, -0.2) is 24.3 Å². The van der Waals surface area contributed by atoms with Crippen LogP contribution in [0.3, 0.4) is 0 Å². The Bertz CT molecular complexity index is 738. The van der Waals surface area contributed by atoms with Crippen LogP contribution in [0.15, 0.2) is 59.0 Å². The summed E-state index contributed by atoms with van der Waals surface area (Å²) in [5.41, 5.74) is 1.98. The van der Waals surface area contributed by atoms with Crippen LogP contribution in [0.25, 0.3) is 11.5 Å². The predicted molar refractivity (Wildman–Crippen MR) is 84.8 cm³/mol. The minimum Gasteiger partial charge on any atom is -0.484 e. The zero-order chi connectivity index (χ0) is 15.4. The zero-order valence-electron chi connectivity index (χ0n) is 12.6. The lowest BCUT2D eigenvalue weighted by atomic mass is 10.2. The minimum atomic E-state index is 0.247. The molecule has 1 heterocycles. The molecule has 0 N–H and O–H groups in total. The molecule has 0 aliphatic heterocycles. The fourth-order valence-electron chi connectivity index (χ4n) is 2.01. The first-order valence-electron chi connectivity index (χ1n) is 7.00. The van der Waals surface area contributed by atoms with Gasteiger partial charge in [-0.3, -0.25) is 0 Å². The summed E-state index contributed by atoms with van der Waals surface area (Å²) >= 11 is 0. The molecule has 5 heteroatoms. The molecule has 3 rings (SSSR count). The van der Waals surface area contributed by atoms with E-state index in [0.29, 0.717) is 11.8 Å². The molecule has 22 heavy (non-hydrogen) atoms. The third-order valence-electron chi connectivity index (χ3n) is 3.18. The van der Waals surface area contributed by atoms with Gasteiger partial charge in [0.15, 0.2) is 6.61 Å². The zero-order valence-corrected chi connectivity index (χ0v) is 12.6. The summed E-state index contributed by atoms with van der Waals surface area (Å²) in [7, 11) is 3.98. The first kappa shape index (κ1) is 14.1. The van der Waals surface area contributed by atoms with Crippen molar-refractivity contribution >= 4 is 5.69 Å². The van der Waals surface area contributed by atoms with Crippen LogP contribution in [0, 0.1) is 0 Å². The SMILES string of the molecule is CN(C)c1cccc(OCc2nnc(-c3ccccc3)o2)c1. The molecule has 0 atom stereocenters. The molecular formula is C17H17N3O2. The summed E-state index contributed by atoms with van der Waals surface area (Å²) < 4.78 is 11.3. The number of hydrogen-bond donors (Lipinski definition) is 0. The fraction of sp³-hybridized carbons (Fsp3) is 0.176. The molecule has 0 fully saturated rings. The standard InChI is InChI=1S/C17H17N3O2/c1-20(2)14-9-6-10-15(11-14)21-12-16-18-19-17(22-16)13-7-4-3-5-8-13/h3-11H,12H2,1-2H3. The average molecular weight is 295 g/mol. The van der Waals surface area contributed by atoms with Crippen molar-refractivity contribution in [3.63, 3.8) is 0 Å². The number of ether oxygens (including phenoxy) is 1. The fourth-order valence-corrected chi connectivity index (χ4v) is 2.01. The normalized spacial score (nSPS) is 10.5. The lowest BCUT2D eigenvalue weighted by Gasteiger charge is -2.13. The molecule has 0 amide bonds. The summed E-state index contributed by atoms with van der Waals surface area (Å²) in [4.78, 5) is 2.02. The van der Waals surface area contributed by atoms with Gasteiger partial charge in [0.2, 0.25) is 5.89 Å². The van der Waals surface area contributed by atoms with Crippen LogP contribution < -0.4 is 9.64 Å². The van der Waals surface area contributed by atoms with E-state index in [1.165, 1.54) is 0 Å². The molecular weight excluding hydrogens is 278 g/mol. The highest BCUT2D eigenvalue weighted by Crippen LogP contribution is 2.21. The van der Waals surface area contributed by atoms with Crippen LogP contribution in [-0.2, 0) is 6.61 Å². The van der Waals surface area contributed by atoms with Gasteiger partial charge in [0.05, 0.1) is 0 Å². The first-order chi connectivity index (χ1) is 10.7. The Kier molecular flexibility index (Phi) is 4.05. The van der Waals surface area contributed by atoms with Gasteiger partial charge in [-0.1, -0.05) is 24.3 Å². The van der Waals surface area contributed by atoms with Gasteiger partial charge in [-0.15, -0.1) is 10.2 Å². The van der Waals surface area contributed by atoms with Gasteiger partial charge in [0.1, 0.15) is 5.75 Å². The lowest BCUT2D eigenvalue weighted by Crippen LogP contribution is -2.08. The molecule has 0 aliphatic rings. The summed E-state index contributed by atoms with van der Waals surface area (Å²) in [5, 5.41) is 8.05. The molecule has 3 aromatic rings. The largest absolute Gasteiger partial charge is 0.484 e. The van der Waals surface area contributed by atoms with E-state index < -0.39 is 0 Å². The van der Waals surface area contributed by atoms with Gasteiger partial charge < -0.3 is 14.1 Å². The summed E-state index contributed by atoms with van der Waals surface area (Å²) in [5.74, 6) is 1.72. The Labute approximate surface area is 129 Å². The molecule has 0 aliphatic carbocycles. The number of anilines is 1. The van der Waals surface area contributed by atoms with Crippen molar-refractivity contribution in [2.75, 3.05) is 19.0 Å². The van der Waals surface area contributed by atoms with Gasteiger partial charge in [-0.25, -0.2) is 0 Å². The highest BCUT2D eigenvalue weighted by molar-refractivity contribution is 5.52. The molecule has 2 aromatic carbocycles. The number of rotatable bonds is 5.